The standard InChI is InChI=1S/C17H24N6O/c1-12-8-13(2)23-16(19-12)14(9-18-23)10-21-5-7-22-6-4-20(3)17(24)15(22)11-21/h8-9,15H,4-7,10-11H2,1-3H3. The topological polar surface area (TPSA) is 57.0 Å². The highest BCUT2D eigenvalue weighted by atomic mass is 16.2. The molecule has 2 aromatic rings. The lowest BCUT2D eigenvalue weighted by atomic mass is 10.1. The lowest BCUT2D eigenvalue weighted by Gasteiger charge is -2.45. The molecule has 2 saturated heterocycles. The number of carbonyl (C=O) groups is 1. The molecular formula is C17H24N6O. The molecule has 24 heavy (non-hydrogen) atoms. The van der Waals surface area contributed by atoms with E-state index < -0.39 is 0 Å². The molecule has 128 valence electrons. The summed E-state index contributed by atoms with van der Waals surface area (Å²) in [5.74, 6) is 0.246. The first kappa shape index (κ1) is 15.5. The fourth-order valence-electron chi connectivity index (χ4n) is 3.83. The number of aryl methyl sites for hydroxylation is 2. The molecule has 7 nitrogen and oxygen atoms in total. The third kappa shape index (κ3) is 2.57. The molecule has 1 atom stereocenters. The van der Waals surface area contributed by atoms with Crippen LogP contribution in [-0.4, -0.2) is 81.0 Å². The minimum atomic E-state index is -0.00392. The number of hydrogen-bond acceptors (Lipinski definition) is 5. The average Bonchev–Trinajstić information content (AvgIpc) is 2.94. The van der Waals surface area contributed by atoms with Crippen molar-refractivity contribution in [2.45, 2.75) is 26.4 Å². The van der Waals surface area contributed by atoms with Gasteiger partial charge in [-0.2, -0.15) is 5.10 Å². The molecule has 2 aliphatic rings. The molecule has 1 unspecified atom stereocenters. The molecule has 1 amide bonds. The van der Waals surface area contributed by atoms with Crippen molar-refractivity contribution in [2.24, 2.45) is 0 Å². The third-order valence-corrected chi connectivity index (χ3v) is 5.20. The normalized spacial score (nSPS) is 23.0. The van der Waals surface area contributed by atoms with E-state index >= 15 is 0 Å². The van der Waals surface area contributed by atoms with Gasteiger partial charge in [0.05, 0.1) is 6.20 Å². The Balaban J connectivity index is 1.55. The molecule has 0 bridgehead atoms. The van der Waals surface area contributed by atoms with Gasteiger partial charge in [0.1, 0.15) is 6.04 Å². The number of fused-ring (bicyclic) bond motifs is 2. The molecule has 0 spiro atoms. The molecule has 0 aromatic carbocycles. The van der Waals surface area contributed by atoms with E-state index in [2.05, 4.69) is 19.9 Å². The van der Waals surface area contributed by atoms with Crippen molar-refractivity contribution >= 4 is 11.6 Å². The summed E-state index contributed by atoms with van der Waals surface area (Å²) < 4.78 is 1.90. The van der Waals surface area contributed by atoms with Gasteiger partial charge in [0.2, 0.25) is 5.91 Å². The summed E-state index contributed by atoms with van der Waals surface area (Å²) in [7, 11) is 1.90. The molecule has 4 heterocycles. The van der Waals surface area contributed by atoms with Crippen molar-refractivity contribution in [3.05, 3.63) is 29.2 Å². The van der Waals surface area contributed by atoms with Crippen LogP contribution in [0.15, 0.2) is 12.3 Å². The van der Waals surface area contributed by atoms with Crippen LogP contribution >= 0.6 is 0 Å². The first-order valence-electron chi connectivity index (χ1n) is 8.55. The summed E-state index contributed by atoms with van der Waals surface area (Å²) in [6.07, 6.45) is 1.91. The molecule has 0 radical (unpaired) electrons. The number of likely N-dealkylation sites (N-methyl/N-ethyl adjacent to an activating group) is 1. The van der Waals surface area contributed by atoms with Crippen molar-refractivity contribution in [3.8, 4) is 0 Å². The van der Waals surface area contributed by atoms with Crippen LogP contribution in [0.1, 0.15) is 17.0 Å². The van der Waals surface area contributed by atoms with E-state index in [-0.39, 0.29) is 11.9 Å². The predicted octanol–water partition coefficient (Wildman–Crippen LogP) is 0.304. The quantitative estimate of drug-likeness (QED) is 0.794. The summed E-state index contributed by atoms with van der Waals surface area (Å²) in [5, 5.41) is 4.48. The zero-order chi connectivity index (χ0) is 16.8. The highest BCUT2D eigenvalue weighted by Gasteiger charge is 2.37. The van der Waals surface area contributed by atoms with Crippen molar-refractivity contribution in [2.75, 3.05) is 39.8 Å². The van der Waals surface area contributed by atoms with E-state index in [1.54, 1.807) is 0 Å². The number of piperazine rings is 2. The summed E-state index contributed by atoms with van der Waals surface area (Å²) >= 11 is 0. The molecule has 2 aromatic heterocycles. The lowest BCUT2D eigenvalue weighted by molar-refractivity contribution is -0.143. The fraction of sp³-hybridized carbons (Fsp3) is 0.588. The van der Waals surface area contributed by atoms with Crippen molar-refractivity contribution in [1.82, 2.24) is 29.3 Å². The number of rotatable bonds is 2. The van der Waals surface area contributed by atoms with Crippen LogP contribution in [0.3, 0.4) is 0 Å². The van der Waals surface area contributed by atoms with Crippen LogP contribution in [0.2, 0.25) is 0 Å². The highest BCUT2D eigenvalue weighted by Crippen LogP contribution is 2.20. The van der Waals surface area contributed by atoms with E-state index in [1.807, 2.05) is 42.6 Å². The van der Waals surface area contributed by atoms with Gasteiger partial charge in [-0.1, -0.05) is 0 Å². The number of hydrogen-bond donors (Lipinski definition) is 0. The Labute approximate surface area is 141 Å². The second-order valence-corrected chi connectivity index (χ2v) is 6.99. The SMILES string of the molecule is Cc1cc(C)n2ncc(CN3CCN4CCN(C)C(=O)C4C3)c2n1. The second kappa shape index (κ2) is 5.82. The maximum atomic E-state index is 12.4. The number of aromatic nitrogens is 3. The zero-order valence-corrected chi connectivity index (χ0v) is 14.6. The van der Waals surface area contributed by atoms with Crippen LogP contribution in [0.5, 0.6) is 0 Å². The Hall–Kier alpha value is -1.99. The predicted molar refractivity (Wildman–Crippen MR) is 90.7 cm³/mol. The van der Waals surface area contributed by atoms with Crippen LogP contribution < -0.4 is 0 Å². The molecule has 2 fully saturated rings. The maximum absolute atomic E-state index is 12.4. The molecular weight excluding hydrogens is 304 g/mol. The van der Waals surface area contributed by atoms with E-state index in [0.717, 1.165) is 61.9 Å². The summed E-state index contributed by atoms with van der Waals surface area (Å²) in [4.78, 5) is 23.6. The van der Waals surface area contributed by atoms with E-state index in [4.69, 9.17) is 0 Å². The lowest BCUT2D eigenvalue weighted by Crippen LogP contribution is -2.63. The van der Waals surface area contributed by atoms with Gasteiger partial charge >= 0.3 is 0 Å². The first-order chi connectivity index (χ1) is 11.5. The molecule has 4 rings (SSSR count). The number of nitrogens with zero attached hydrogens (tertiary/aromatic N) is 6. The fourth-order valence-corrected chi connectivity index (χ4v) is 3.83. The Kier molecular flexibility index (Phi) is 3.77. The average molecular weight is 328 g/mol. The van der Waals surface area contributed by atoms with Gasteiger partial charge in [0.15, 0.2) is 5.65 Å². The van der Waals surface area contributed by atoms with Crippen LogP contribution in [0, 0.1) is 13.8 Å². The van der Waals surface area contributed by atoms with Crippen LogP contribution in [0.25, 0.3) is 5.65 Å². The third-order valence-electron chi connectivity index (χ3n) is 5.20. The zero-order valence-electron chi connectivity index (χ0n) is 14.6. The Morgan fingerprint density at radius 3 is 2.83 bits per heavy atom. The minimum Gasteiger partial charge on any atom is -0.343 e. The summed E-state index contributed by atoms with van der Waals surface area (Å²) in [6.45, 7) is 9.40. The molecule has 0 N–H and O–H groups in total. The molecule has 2 aliphatic heterocycles. The first-order valence-corrected chi connectivity index (χ1v) is 8.55. The number of carbonyl (C=O) groups excluding carboxylic acids is 1. The van der Waals surface area contributed by atoms with Gasteiger partial charge in [0.25, 0.3) is 0 Å². The van der Waals surface area contributed by atoms with E-state index in [1.165, 1.54) is 0 Å². The molecule has 7 heteroatoms. The van der Waals surface area contributed by atoms with Crippen molar-refractivity contribution < 1.29 is 4.79 Å². The Morgan fingerprint density at radius 2 is 2.00 bits per heavy atom. The van der Waals surface area contributed by atoms with Gasteiger partial charge in [-0.25, -0.2) is 9.50 Å². The summed E-state index contributed by atoms with van der Waals surface area (Å²) in [6, 6.07) is 2.04. The highest BCUT2D eigenvalue weighted by molar-refractivity contribution is 5.82. The molecule has 0 aliphatic carbocycles. The van der Waals surface area contributed by atoms with Gasteiger partial charge in [-0.05, 0) is 19.9 Å². The van der Waals surface area contributed by atoms with Gasteiger partial charge in [-0.15, -0.1) is 0 Å². The van der Waals surface area contributed by atoms with Gasteiger partial charge < -0.3 is 4.90 Å². The van der Waals surface area contributed by atoms with Crippen molar-refractivity contribution in [1.29, 1.82) is 0 Å². The Bertz CT molecular complexity index is 785. The molecule has 0 saturated carbocycles. The van der Waals surface area contributed by atoms with E-state index in [0.29, 0.717) is 0 Å². The summed E-state index contributed by atoms with van der Waals surface area (Å²) in [5.41, 5.74) is 4.17. The van der Waals surface area contributed by atoms with Gasteiger partial charge in [0, 0.05) is 63.3 Å². The van der Waals surface area contributed by atoms with Crippen LogP contribution in [0.4, 0.5) is 0 Å². The number of amides is 1. The smallest absolute Gasteiger partial charge is 0.241 e. The largest absolute Gasteiger partial charge is 0.343 e. The maximum Gasteiger partial charge on any atom is 0.241 e. The van der Waals surface area contributed by atoms with Gasteiger partial charge in [-0.3, -0.25) is 14.6 Å². The minimum absolute atomic E-state index is 0.00392. The van der Waals surface area contributed by atoms with Crippen LogP contribution in [-0.2, 0) is 11.3 Å². The van der Waals surface area contributed by atoms with Crippen molar-refractivity contribution in [3.63, 3.8) is 0 Å². The monoisotopic (exact) mass is 328 g/mol. The second-order valence-electron chi connectivity index (χ2n) is 6.99. The Morgan fingerprint density at radius 1 is 1.21 bits per heavy atom. The van der Waals surface area contributed by atoms with E-state index in [9.17, 15) is 4.79 Å².